The van der Waals surface area contributed by atoms with E-state index in [1.54, 1.807) is 29.9 Å². The van der Waals surface area contributed by atoms with Gasteiger partial charge in [0, 0.05) is 12.6 Å². The van der Waals surface area contributed by atoms with Gasteiger partial charge in [-0.25, -0.2) is 0 Å². The number of fused-ring (bicyclic) bond motifs is 1. The van der Waals surface area contributed by atoms with E-state index in [2.05, 4.69) is 0 Å². The number of alkyl halides is 2. The average molecular weight is 444 g/mol. The maximum atomic E-state index is 12.9. The maximum absolute atomic E-state index is 12.9. The molecule has 0 aliphatic carbocycles. The van der Waals surface area contributed by atoms with Crippen LogP contribution in [0.15, 0.2) is 41.2 Å². The molecule has 2 heterocycles. The van der Waals surface area contributed by atoms with Gasteiger partial charge < -0.3 is 14.0 Å². The Morgan fingerprint density at radius 1 is 1.06 bits per heavy atom. The fourth-order valence-electron chi connectivity index (χ4n) is 3.91. The highest BCUT2D eigenvalue weighted by Gasteiger charge is 2.51. The summed E-state index contributed by atoms with van der Waals surface area (Å²) >= 11 is 0. The second kappa shape index (κ2) is 7.74. The lowest BCUT2D eigenvalue weighted by atomic mass is 9.79. The van der Waals surface area contributed by atoms with Crippen LogP contribution in [0.5, 0.6) is 5.75 Å². The largest absolute Gasteiger partial charge is 0.494 e. The molecule has 0 amide bonds. The molecule has 0 saturated carbocycles. The van der Waals surface area contributed by atoms with Crippen LogP contribution in [0.2, 0.25) is 0 Å². The van der Waals surface area contributed by atoms with Gasteiger partial charge >= 0.3 is 13.7 Å². The van der Waals surface area contributed by atoms with E-state index in [0.29, 0.717) is 16.5 Å². The number of halogens is 2. The quantitative estimate of drug-likeness (QED) is 0.565. The van der Waals surface area contributed by atoms with Crippen molar-refractivity contribution < 1.29 is 22.8 Å². The van der Waals surface area contributed by atoms with E-state index < -0.39 is 24.9 Å². The van der Waals surface area contributed by atoms with Gasteiger partial charge in [0.15, 0.2) is 0 Å². The van der Waals surface area contributed by atoms with Crippen molar-refractivity contribution in [1.82, 2.24) is 9.36 Å². The Bertz CT molecular complexity index is 1220. The molecule has 1 aliphatic rings. The van der Waals surface area contributed by atoms with Gasteiger partial charge in [-0.05, 0) is 58.3 Å². The Morgan fingerprint density at radius 2 is 1.72 bits per heavy atom. The van der Waals surface area contributed by atoms with Gasteiger partial charge in [0.2, 0.25) is 0 Å². The molecule has 1 aliphatic heterocycles. The van der Waals surface area contributed by atoms with Gasteiger partial charge in [0.05, 0.1) is 28.6 Å². The van der Waals surface area contributed by atoms with Gasteiger partial charge in [-0.3, -0.25) is 14.2 Å². The third-order valence-electron chi connectivity index (χ3n) is 6.46. The van der Waals surface area contributed by atoms with E-state index in [1.807, 2.05) is 46.8 Å². The van der Waals surface area contributed by atoms with Crippen molar-refractivity contribution >= 4 is 23.5 Å². The Labute approximate surface area is 185 Å². The molecule has 170 valence electrons. The zero-order valence-corrected chi connectivity index (χ0v) is 19.1. The first-order valence-electron chi connectivity index (χ1n) is 10.5. The Kier molecular flexibility index (Phi) is 5.45. The Morgan fingerprint density at radius 3 is 2.34 bits per heavy atom. The van der Waals surface area contributed by atoms with Crippen LogP contribution in [-0.2, 0) is 22.9 Å². The van der Waals surface area contributed by atoms with Gasteiger partial charge in [-0.15, -0.1) is 0 Å². The molecule has 4 rings (SSSR count). The maximum Gasteiger partial charge on any atom is 0.494 e. The fraction of sp³-hybridized carbons (Fsp3) is 0.435. The molecule has 0 spiro atoms. The first-order chi connectivity index (χ1) is 14.9. The van der Waals surface area contributed by atoms with E-state index in [0.717, 1.165) is 11.0 Å². The van der Waals surface area contributed by atoms with Gasteiger partial charge in [-0.2, -0.15) is 8.78 Å². The number of ether oxygens (including phenoxy) is 1. The summed E-state index contributed by atoms with van der Waals surface area (Å²) in [5.41, 5.74) is 1.74. The predicted molar refractivity (Wildman–Crippen MR) is 120 cm³/mol. The highest BCUT2D eigenvalue weighted by Crippen LogP contribution is 2.36. The molecule has 6 nitrogen and oxygen atoms in total. The summed E-state index contributed by atoms with van der Waals surface area (Å²) in [7, 11) is 1.07. The number of aromatic nitrogens is 2. The molecule has 1 fully saturated rings. The number of rotatable bonds is 5. The predicted octanol–water partition coefficient (Wildman–Crippen LogP) is 3.60. The molecular formula is C23H27BF2N2O4. The van der Waals surface area contributed by atoms with E-state index in [9.17, 15) is 13.6 Å². The molecule has 9 heteroatoms. The first-order valence-corrected chi connectivity index (χ1v) is 10.5. The highest BCUT2D eigenvalue weighted by molar-refractivity contribution is 6.62. The number of nitrogens with zero attached hydrogens (tertiary/aromatic N) is 2. The van der Waals surface area contributed by atoms with Crippen molar-refractivity contribution in [2.75, 3.05) is 0 Å². The Balaban J connectivity index is 1.78. The first kappa shape index (κ1) is 22.5. The molecule has 3 aromatic rings. The van der Waals surface area contributed by atoms with E-state index in [4.69, 9.17) is 14.0 Å². The molecule has 1 saturated heterocycles. The molecular weight excluding hydrogens is 417 g/mol. The molecule has 0 bridgehead atoms. The molecule has 0 atom stereocenters. The van der Waals surface area contributed by atoms with Crippen LogP contribution in [-0.4, -0.2) is 34.3 Å². The third kappa shape index (κ3) is 3.84. The lowest BCUT2D eigenvalue weighted by Gasteiger charge is -2.32. The van der Waals surface area contributed by atoms with Crippen molar-refractivity contribution in [2.24, 2.45) is 7.05 Å². The molecule has 0 unspecified atom stereocenters. The van der Waals surface area contributed by atoms with Crippen LogP contribution >= 0.6 is 0 Å². The van der Waals surface area contributed by atoms with Crippen LogP contribution < -0.4 is 15.8 Å². The summed E-state index contributed by atoms with van der Waals surface area (Å²) in [6.07, 6.45) is 0. The lowest BCUT2D eigenvalue weighted by molar-refractivity contribution is -0.0505. The van der Waals surface area contributed by atoms with E-state index in [-0.39, 0.29) is 17.9 Å². The van der Waals surface area contributed by atoms with Crippen LogP contribution in [0, 0.1) is 6.92 Å². The summed E-state index contributed by atoms with van der Waals surface area (Å²) in [5.74, 6) is 0.0852. The van der Waals surface area contributed by atoms with Gasteiger partial charge in [-0.1, -0.05) is 23.8 Å². The third-order valence-corrected chi connectivity index (χ3v) is 6.46. The SMILES string of the molecule is Cc1ccc(OC(F)F)c(Cn2c3cc(B4OC(C)(C)C(C)(C)O4)ccc3c(=O)n2C)c1. The van der Waals surface area contributed by atoms with Crippen molar-refractivity contribution in [3.63, 3.8) is 0 Å². The molecule has 0 radical (unpaired) electrons. The minimum Gasteiger partial charge on any atom is -0.434 e. The zero-order valence-electron chi connectivity index (χ0n) is 19.1. The topological polar surface area (TPSA) is 54.6 Å². The number of aryl methyl sites for hydroxylation is 1. The van der Waals surface area contributed by atoms with Crippen molar-refractivity contribution in [1.29, 1.82) is 0 Å². The molecule has 32 heavy (non-hydrogen) atoms. The minimum absolute atomic E-state index is 0.0852. The van der Waals surface area contributed by atoms with Crippen LogP contribution in [0.4, 0.5) is 8.78 Å². The Hall–Kier alpha value is -2.65. The van der Waals surface area contributed by atoms with Crippen LogP contribution in [0.25, 0.3) is 10.9 Å². The van der Waals surface area contributed by atoms with Crippen molar-refractivity contribution in [2.45, 2.75) is 59.0 Å². The summed E-state index contributed by atoms with van der Waals surface area (Å²) < 4.78 is 46.1. The molecule has 1 aromatic heterocycles. The van der Waals surface area contributed by atoms with Crippen LogP contribution in [0.1, 0.15) is 38.8 Å². The standard InChI is InChI=1S/C23H27BF2N2O4/c1-14-7-10-19(30-21(25)26)15(11-14)13-28-18-12-16(8-9-17(18)20(29)27(28)6)24-31-22(2,3)23(4,5)32-24/h7-12,21H,13H2,1-6H3. The monoisotopic (exact) mass is 444 g/mol. The normalized spacial score (nSPS) is 17.5. The zero-order chi connectivity index (χ0) is 23.4. The average Bonchev–Trinajstić information content (AvgIpc) is 3.06. The van der Waals surface area contributed by atoms with Gasteiger partial charge in [0.25, 0.3) is 5.56 Å². The van der Waals surface area contributed by atoms with Crippen molar-refractivity contribution in [3.05, 3.63) is 57.9 Å². The number of benzene rings is 2. The van der Waals surface area contributed by atoms with Gasteiger partial charge in [0.1, 0.15) is 5.75 Å². The number of hydrogen-bond donors (Lipinski definition) is 0. The summed E-state index contributed by atoms with van der Waals surface area (Å²) in [6.45, 7) is 7.04. The summed E-state index contributed by atoms with van der Waals surface area (Å²) in [4.78, 5) is 12.8. The number of hydrogen-bond acceptors (Lipinski definition) is 4. The molecule has 0 N–H and O–H groups in total. The lowest BCUT2D eigenvalue weighted by Crippen LogP contribution is -2.41. The highest BCUT2D eigenvalue weighted by atomic mass is 19.3. The van der Waals surface area contributed by atoms with E-state index >= 15 is 0 Å². The second-order valence-corrected chi connectivity index (χ2v) is 9.24. The second-order valence-electron chi connectivity index (χ2n) is 9.24. The van der Waals surface area contributed by atoms with Crippen molar-refractivity contribution in [3.8, 4) is 5.75 Å². The molecule has 2 aromatic carbocycles. The minimum atomic E-state index is -2.93. The van der Waals surface area contributed by atoms with E-state index in [1.165, 1.54) is 10.7 Å². The van der Waals surface area contributed by atoms with Crippen LogP contribution in [0.3, 0.4) is 0 Å². The fourth-order valence-corrected chi connectivity index (χ4v) is 3.91. The summed E-state index contributed by atoms with van der Waals surface area (Å²) in [6, 6.07) is 10.5. The summed E-state index contributed by atoms with van der Waals surface area (Å²) in [5, 5.41) is 0.525. The smallest absolute Gasteiger partial charge is 0.434 e.